The Labute approximate surface area is 91.4 Å². The van der Waals surface area contributed by atoms with Crippen molar-refractivity contribution in [1.82, 2.24) is 10.1 Å². The first-order valence-corrected chi connectivity index (χ1v) is 6.46. The van der Waals surface area contributed by atoms with Crippen molar-refractivity contribution < 1.29 is 22.8 Å². The Morgan fingerprint density at radius 3 is 2.88 bits per heavy atom. The lowest BCUT2D eigenvalue weighted by Gasteiger charge is -2.01. The number of hydrogen-bond donors (Lipinski definition) is 1. The number of aliphatic carboxylic acids is 1. The van der Waals surface area contributed by atoms with E-state index in [4.69, 9.17) is 9.63 Å². The second-order valence-corrected chi connectivity index (χ2v) is 5.92. The van der Waals surface area contributed by atoms with Gasteiger partial charge in [-0.2, -0.15) is 4.98 Å². The molecular weight excluding hydrogens is 236 g/mol. The molecule has 0 amide bonds. The number of sulfone groups is 1. The topological polar surface area (TPSA) is 110 Å². The first kappa shape index (κ1) is 11.1. The molecule has 1 saturated heterocycles. The molecule has 8 heteroatoms. The van der Waals surface area contributed by atoms with Crippen molar-refractivity contribution in [2.45, 2.75) is 24.5 Å². The van der Waals surface area contributed by atoms with E-state index in [1.165, 1.54) is 0 Å². The van der Waals surface area contributed by atoms with Gasteiger partial charge in [0.25, 0.3) is 0 Å². The highest BCUT2D eigenvalue weighted by molar-refractivity contribution is 7.91. The summed E-state index contributed by atoms with van der Waals surface area (Å²) in [5.41, 5.74) is 0. The van der Waals surface area contributed by atoms with Crippen LogP contribution in [0.25, 0.3) is 0 Å². The Morgan fingerprint density at radius 2 is 2.31 bits per heavy atom. The summed E-state index contributed by atoms with van der Waals surface area (Å²) >= 11 is 0. The Kier molecular flexibility index (Phi) is 2.66. The predicted octanol–water partition coefficient (Wildman–Crippen LogP) is -0.0536. The maximum atomic E-state index is 11.5. The van der Waals surface area contributed by atoms with Gasteiger partial charge in [0.15, 0.2) is 15.7 Å². The number of hydrogen-bond acceptors (Lipinski definition) is 6. The highest BCUT2D eigenvalue weighted by atomic mass is 32.2. The van der Waals surface area contributed by atoms with Gasteiger partial charge in [-0.1, -0.05) is 5.16 Å². The van der Waals surface area contributed by atoms with Gasteiger partial charge >= 0.3 is 5.97 Å². The van der Waals surface area contributed by atoms with Crippen LogP contribution in [0.5, 0.6) is 0 Å². The number of aromatic nitrogens is 2. The summed E-state index contributed by atoms with van der Waals surface area (Å²) in [7, 11) is -3.20. The van der Waals surface area contributed by atoms with Crippen molar-refractivity contribution in [1.29, 1.82) is 0 Å². The SMILES string of the molecule is O=C(O)Cc1noc(C2CCCS2(=O)=O)n1. The normalized spacial score (nSPS) is 23.4. The molecule has 16 heavy (non-hydrogen) atoms. The maximum absolute atomic E-state index is 11.5. The average molecular weight is 246 g/mol. The van der Waals surface area contributed by atoms with Gasteiger partial charge in [0.2, 0.25) is 5.89 Å². The minimum absolute atomic E-state index is 0.00426. The third-order valence-electron chi connectivity index (χ3n) is 2.40. The van der Waals surface area contributed by atoms with Gasteiger partial charge in [0, 0.05) is 0 Å². The Morgan fingerprint density at radius 1 is 1.56 bits per heavy atom. The molecule has 0 radical (unpaired) electrons. The molecule has 1 atom stereocenters. The smallest absolute Gasteiger partial charge is 0.311 e. The van der Waals surface area contributed by atoms with Crippen molar-refractivity contribution in [3.8, 4) is 0 Å². The quantitative estimate of drug-likeness (QED) is 0.795. The summed E-state index contributed by atoms with van der Waals surface area (Å²) in [6.45, 7) is 0. The molecule has 1 fully saturated rings. The van der Waals surface area contributed by atoms with Gasteiger partial charge in [0.05, 0.1) is 5.75 Å². The van der Waals surface area contributed by atoms with E-state index >= 15 is 0 Å². The fourth-order valence-electron chi connectivity index (χ4n) is 1.67. The summed E-state index contributed by atoms with van der Waals surface area (Å²) in [5.74, 6) is -0.950. The predicted molar refractivity (Wildman–Crippen MR) is 51.4 cm³/mol. The molecule has 1 unspecified atom stereocenters. The van der Waals surface area contributed by atoms with Crippen LogP contribution in [-0.4, -0.2) is 35.4 Å². The lowest BCUT2D eigenvalue weighted by Crippen LogP contribution is -2.08. The molecular formula is C8H10N2O5S. The van der Waals surface area contributed by atoms with E-state index in [1.54, 1.807) is 0 Å². The number of carboxylic acids is 1. The minimum Gasteiger partial charge on any atom is -0.481 e. The molecule has 1 aliphatic heterocycles. The third-order valence-corrected chi connectivity index (χ3v) is 4.56. The Bertz CT molecular complexity index is 506. The van der Waals surface area contributed by atoms with Crippen molar-refractivity contribution in [3.63, 3.8) is 0 Å². The fraction of sp³-hybridized carbons (Fsp3) is 0.625. The molecule has 1 aromatic rings. The van der Waals surface area contributed by atoms with Crippen molar-refractivity contribution >= 4 is 15.8 Å². The van der Waals surface area contributed by atoms with E-state index in [9.17, 15) is 13.2 Å². The molecule has 0 bridgehead atoms. The monoisotopic (exact) mass is 246 g/mol. The molecule has 88 valence electrons. The van der Waals surface area contributed by atoms with E-state index in [1.807, 2.05) is 0 Å². The van der Waals surface area contributed by atoms with Gasteiger partial charge in [-0.15, -0.1) is 0 Å². The van der Waals surface area contributed by atoms with Gasteiger partial charge in [-0.3, -0.25) is 4.79 Å². The van der Waals surface area contributed by atoms with Crippen LogP contribution < -0.4 is 0 Å². The first-order valence-electron chi connectivity index (χ1n) is 4.75. The van der Waals surface area contributed by atoms with E-state index in [0.29, 0.717) is 12.8 Å². The summed E-state index contributed by atoms with van der Waals surface area (Å²) in [4.78, 5) is 14.2. The zero-order valence-corrected chi connectivity index (χ0v) is 9.11. The summed E-state index contributed by atoms with van der Waals surface area (Å²) in [6, 6.07) is 0. The van der Waals surface area contributed by atoms with Crippen LogP contribution in [0.3, 0.4) is 0 Å². The van der Waals surface area contributed by atoms with Crippen LogP contribution in [0.4, 0.5) is 0 Å². The number of nitrogens with zero attached hydrogens (tertiary/aromatic N) is 2. The Balaban J connectivity index is 2.22. The van der Waals surface area contributed by atoms with Gasteiger partial charge in [0.1, 0.15) is 11.7 Å². The standard InChI is InChI=1S/C8H10N2O5S/c11-7(12)4-6-9-8(15-10-6)5-2-1-3-16(5,13)14/h5H,1-4H2,(H,11,12). The summed E-state index contributed by atoms with van der Waals surface area (Å²) in [6.07, 6.45) is 0.664. The van der Waals surface area contributed by atoms with E-state index < -0.39 is 21.1 Å². The lowest BCUT2D eigenvalue weighted by atomic mass is 10.2. The first-order chi connectivity index (χ1) is 7.49. The van der Waals surface area contributed by atoms with Crippen LogP contribution in [0, 0.1) is 0 Å². The van der Waals surface area contributed by atoms with Crippen LogP contribution in [0.2, 0.25) is 0 Å². The van der Waals surface area contributed by atoms with Crippen LogP contribution >= 0.6 is 0 Å². The van der Waals surface area contributed by atoms with Gasteiger partial charge < -0.3 is 9.63 Å². The zero-order valence-electron chi connectivity index (χ0n) is 8.29. The molecule has 0 aliphatic carbocycles. The third kappa shape index (κ3) is 2.06. The van der Waals surface area contributed by atoms with E-state index in [0.717, 1.165) is 0 Å². The van der Waals surface area contributed by atoms with E-state index in [2.05, 4.69) is 10.1 Å². The van der Waals surface area contributed by atoms with Crippen molar-refractivity contribution in [2.75, 3.05) is 5.75 Å². The van der Waals surface area contributed by atoms with Crippen LogP contribution in [0.1, 0.15) is 29.8 Å². The fourth-order valence-corrected chi connectivity index (χ4v) is 3.46. The highest BCUT2D eigenvalue weighted by Gasteiger charge is 2.37. The lowest BCUT2D eigenvalue weighted by molar-refractivity contribution is -0.136. The number of rotatable bonds is 3. The zero-order chi connectivity index (χ0) is 11.8. The van der Waals surface area contributed by atoms with Crippen molar-refractivity contribution in [3.05, 3.63) is 11.7 Å². The molecule has 7 nitrogen and oxygen atoms in total. The summed E-state index contributed by atoms with van der Waals surface area (Å²) < 4.78 is 27.9. The second kappa shape index (κ2) is 3.85. The highest BCUT2D eigenvalue weighted by Crippen LogP contribution is 2.33. The second-order valence-electron chi connectivity index (χ2n) is 3.62. The minimum atomic E-state index is -3.20. The van der Waals surface area contributed by atoms with Crippen molar-refractivity contribution in [2.24, 2.45) is 0 Å². The molecule has 1 aliphatic rings. The maximum Gasteiger partial charge on any atom is 0.311 e. The molecule has 1 N–H and O–H groups in total. The molecule has 1 aromatic heterocycles. The molecule has 2 rings (SSSR count). The molecule has 0 saturated carbocycles. The van der Waals surface area contributed by atoms with Crippen LogP contribution in [-0.2, 0) is 21.1 Å². The molecule has 0 spiro atoms. The van der Waals surface area contributed by atoms with Crippen LogP contribution in [0.15, 0.2) is 4.52 Å². The Hall–Kier alpha value is -1.44. The molecule has 2 heterocycles. The van der Waals surface area contributed by atoms with E-state index in [-0.39, 0.29) is 23.9 Å². The molecule has 0 aromatic carbocycles. The number of carboxylic acid groups (broad SMARTS) is 1. The largest absolute Gasteiger partial charge is 0.481 e. The average Bonchev–Trinajstić information content (AvgIpc) is 2.70. The number of carbonyl (C=O) groups is 1. The van der Waals surface area contributed by atoms with Gasteiger partial charge in [-0.05, 0) is 12.8 Å². The summed E-state index contributed by atoms with van der Waals surface area (Å²) in [5, 5.41) is 11.2. The van der Waals surface area contributed by atoms with Gasteiger partial charge in [-0.25, -0.2) is 8.42 Å².